The average Bonchev–Trinajstić information content (AvgIpc) is 2.57. The molecule has 3 heteroatoms. The molecule has 0 aliphatic rings. The monoisotopic (exact) mass is 261 g/mol. The van der Waals surface area contributed by atoms with Crippen molar-refractivity contribution in [1.82, 2.24) is 5.32 Å². The molecule has 0 aromatic carbocycles. The van der Waals surface area contributed by atoms with Gasteiger partial charge in [0.2, 0.25) is 0 Å². The normalized spacial score (nSPS) is 13.1. The van der Waals surface area contributed by atoms with Crippen molar-refractivity contribution in [3.8, 4) is 0 Å². The van der Waals surface area contributed by atoms with Crippen LogP contribution in [0.25, 0.3) is 0 Å². The van der Waals surface area contributed by atoms with E-state index >= 15 is 0 Å². The van der Waals surface area contributed by atoms with E-state index in [-0.39, 0.29) is 0 Å². The van der Waals surface area contributed by atoms with Crippen LogP contribution in [0, 0.1) is 0 Å². The maximum Gasteiger partial charge on any atom is 0.00468 e. The summed E-state index contributed by atoms with van der Waals surface area (Å²) in [5, 5.41) is 8.93. The van der Waals surface area contributed by atoms with Crippen molar-refractivity contribution in [1.29, 1.82) is 0 Å². The molecule has 1 aromatic heterocycles. The van der Waals surface area contributed by atoms with Crippen molar-refractivity contribution >= 4 is 27.3 Å². The van der Waals surface area contributed by atoms with Gasteiger partial charge in [0.05, 0.1) is 0 Å². The van der Waals surface area contributed by atoms with Crippen LogP contribution in [0.4, 0.5) is 0 Å². The molecule has 0 saturated heterocycles. The minimum absolute atomic E-state index is 0.623. The number of hydrogen-bond donors (Lipinski definition) is 1. The quantitative estimate of drug-likeness (QED) is 0.777. The molecule has 1 nitrogen and oxygen atoms in total. The van der Waals surface area contributed by atoms with E-state index in [1.54, 1.807) is 11.3 Å². The predicted octanol–water partition coefficient (Wildman–Crippen LogP) is 3.05. The first-order valence-electron chi connectivity index (χ1n) is 4.63. The smallest absolute Gasteiger partial charge is 0.00468 e. The van der Waals surface area contributed by atoms with Gasteiger partial charge in [-0.3, -0.25) is 0 Å². The third-order valence-electron chi connectivity index (χ3n) is 2.03. The second kappa shape index (κ2) is 6.57. The Morgan fingerprint density at radius 3 is 3.08 bits per heavy atom. The Bertz CT molecular complexity index is 211. The molecule has 0 spiro atoms. The Balaban J connectivity index is 2.07. The SMILES string of the molecule is CC(CCBr)NCCc1ccsc1. The molecular weight excluding hydrogens is 246 g/mol. The van der Waals surface area contributed by atoms with Gasteiger partial charge in [0.1, 0.15) is 0 Å². The topological polar surface area (TPSA) is 12.0 Å². The molecule has 0 aliphatic carbocycles. The number of halogens is 1. The second-order valence-corrected chi connectivity index (χ2v) is 4.79. The lowest BCUT2D eigenvalue weighted by molar-refractivity contribution is 0.542. The van der Waals surface area contributed by atoms with Gasteiger partial charge < -0.3 is 5.32 Å². The van der Waals surface area contributed by atoms with E-state index in [1.807, 2.05) is 0 Å². The van der Waals surface area contributed by atoms with Crippen LogP contribution < -0.4 is 5.32 Å². The fraction of sp³-hybridized carbons (Fsp3) is 0.600. The summed E-state index contributed by atoms with van der Waals surface area (Å²) in [6.45, 7) is 3.32. The summed E-state index contributed by atoms with van der Waals surface area (Å²) in [6.07, 6.45) is 2.35. The lowest BCUT2D eigenvalue weighted by atomic mass is 10.2. The van der Waals surface area contributed by atoms with Crippen LogP contribution in [0.2, 0.25) is 0 Å². The zero-order valence-corrected chi connectivity index (χ0v) is 10.3. The fourth-order valence-electron chi connectivity index (χ4n) is 1.16. The average molecular weight is 262 g/mol. The number of alkyl halides is 1. The molecule has 13 heavy (non-hydrogen) atoms. The highest BCUT2D eigenvalue weighted by molar-refractivity contribution is 9.09. The zero-order valence-electron chi connectivity index (χ0n) is 7.92. The third-order valence-corrected chi connectivity index (χ3v) is 3.22. The first-order valence-corrected chi connectivity index (χ1v) is 6.70. The number of rotatable bonds is 6. The molecule has 0 amide bonds. The maximum atomic E-state index is 3.50. The number of hydrogen-bond acceptors (Lipinski definition) is 2. The van der Waals surface area contributed by atoms with Gasteiger partial charge in [0, 0.05) is 11.4 Å². The van der Waals surface area contributed by atoms with Gasteiger partial charge in [-0.15, -0.1) is 0 Å². The molecule has 1 rings (SSSR count). The summed E-state index contributed by atoms with van der Waals surface area (Å²) in [6, 6.07) is 2.82. The van der Waals surface area contributed by atoms with E-state index < -0.39 is 0 Å². The van der Waals surface area contributed by atoms with E-state index in [2.05, 4.69) is 45.0 Å². The van der Waals surface area contributed by atoms with Crippen LogP contribution in [-0.4, -0.2) is 17.9 Å². The maximum absolute atomic E-state index is 3.50. The summed E-state index contributed by atoms with van der Waals surface area (Å²) in [4.78, 5) is 0. The van der Waals surface area contributed by atoms with Crippen molar-refractivity contribution in [2.24, 2.45) is 0 Å². The zero-order chi connectivity index (χ0) is 9.52. The molecule has 1 atom stereocenters. The highest BCUT2D eigenvalue weighted by Crippen LogP contribution is 2.06. The first kappa shape index (κ1) is 11.2. The third kappa shape index (κ3) is 4.79. The summed E-state index contributed by atoms with van der Waals surface area (Å²) >= 11 is 5.22. The molecule has 0 aliphatic heterocycles. The second-order valence-electron chi connectivity index (χ2n) is 3.21. The van der Waals surface area contributed by atoms with Gasteiger partial charge in [-0.1, -0.05) is 15.9 Å². The highest BCUT2D eigenvalue weighted by atomic mass is 79.9. The summed E-state index contributed by atoms with van der Waals surface area (Å²) in [7, 11) is 0. The van der Waals surface area contributed by atoms with Crippen LogP contribution in [0.1, 0.15) is 18.9 Å². The molecule has 1 heterocycles. The van der Waals surface area contributed by atoms with Crippen molar-refractivity contribution in [3.63, 3.8) is 0 Å². The Labute approximate surface area is 92.7 Å². The lowest BCUT2D eigenvalue weighted by Crippen LogP contribution is -2.28. The van der Waals surface area contributed by atoms with Crippen LogP contribution in [0.15, 0.2) is 16.8 Å². The fourth-order valence-corrected chi connectivity index (χ4v) is 2.55. The Kier molecular flexibility index (Phi) is 5.67. The van der Waals surface area contributed by atoms with E-state index in [0.717, 1.165) is 18.3 Å². The first-order chi connectivity index (χ1) is 6.33. The molecule has 0 saturated carbocycles. The molecule has 0 radical (unpaired) electrons. The van der Waals surface area contributed by atoms with E-state index in [0.29, 0.717) is 6.04 Å². The summed E-state index contributed by atoms with van der Waals surface area (Å²) in [5.74, 6) is 0. The number of thiophene rings is 1. The van der Waals surface area contributed by atoms with Gasteiger partial charge in [-0.2, -0.15) is 11.3 Å². The molecule has 0 fully saturated rings. The van der Waals surface area contributed by atoms with Crippen molar-refractivity contribution < 1.29 is 0 Å². The summed E-state index contributed by atoms with van der Waals surface area (Å²) in [5.41, 5.74) is 1.45. The van der Waals surface area contributed by atoms with Gasteiger partial charge in [-0.05, 0) is 48.7 Å². The lowest BCUT2D eigenvalue weighted by Gasteiger charge is -2.11. The van der Waals surface area contributed by atoms with Gasteiger partial charge in [-0.25, -0.2) is 0 Å². The van der Waals surface area contributed by atoms with E-state index in [9.17, 15) is 0 Å². The molecule has 0 bridgehead atoms. The van der Waals surface area contributed by atoms with Crippen molar-refractivity contribution in [3.05, 3.63) is 22.4 Å². The minimum atomic E-state index is 0.623. The highest BCUT2D eigenvalue weighted by Gasteiger charge is 1.99. The van der Waals surface area contributed by atoms with Crippen molar-refractivity contribution in [2.45, 2.75) is 25.8 Å². The van der Waals surface area contributed by atoms with E-state index in [4.69, 9.17) is 0 Å². The van der Waals surface area contributed by atoms with Gasteiger partial charge in [0.25, 0.3) is 0 Å². The summed E-state index contributed by atoms with van der Waals surface area (Å²) < 4.78 is 0. The molecule has 1 aromatic rings. The van der Waals surface area contributed by atoms with E-state index in [1.165, 1.54) is 12.0 Å². The molecule has 74 valence electrons. The minimum Gasteiger partial charge on any atom is -0.314 e. The Morgan fingerprint density at radius 1 is 1.62 bits per heavy atom. The molecule has 1 N–H and O–H groups in total. The van der Waals surface area contributed by atoms with Crippen molar-refractivity contribution in [2.75, 3.05) is 11.9 Å². The molecule has 1 unspecified atom stereocenters. The van der Waals surface area contributed by atoms with Crippen LogP contribution in [0.5, 0.6) is 0 Å². The van der Waals surface area contributed by atoms with Gasteiger partial charge >= 0.3 is 0 Å². The van der Waals surface area contributed by atoms with Crippen LogP contribution in [-0.2, 0) is 6.42 Å². The van der Waals surface area contributed by atoms with Crippen LogP contribution >= 0.6 is 27.3 Å². The van der Waals surface area contributed by atoms with Crippen LogP contribution in [0.3, 0.4) is 0 Å². The Morgan fingerprint density at radius 2 is 2.46 bits per heavy atom. The standard InChI is InChI=1S/C10H16BrNS/c1-9(2-5-11)12-6-3-10-4-7-13-8-10/h4,7-9,12H,2-3,5-6H2,1H3. The van der Waals surface area contributed by atoms with Gasteiger partial charge in [0.15, 0.2) is 0 Å². The predicted molar refractivity (Wildman–Crippen MR) is 63.9 cm³/mol. The molecular formula is C10H16BrNS. The Hall–Kier alpha value is 0.140. The largest absolute Gasteiger partial charge is 0.314 e. The number of nitrogens with one attached hydrogen (secondary N) is 1.